The molecule has 0 fully saturated rings. The van der Waals surface area contributed by atoms with Gasteiger partial charge in [0.1, 0.15) is 17.9 Å². The molecular formula is C26H24N4O3. The molecule has 0 aliphatic heterocycles. The smallest absolute Gasteiger partial charge is 0.303 e. The largest absolute Gasteiger partial charge is 0.481 e. The first-order valence-corrected chi connectivity index (χ1v) is 10.9. The van der Waals surface area contributed by atoms with E-state index in [1.807, 2.05) is 54.6 Å². The lowest BCUT2D eigenvalue weighted by atomic mass is 9.98. The van der Waals surface area contributed by atoms with Crippen molar-refractivity contribution in [3.8, 4) is 28.5 Å². The third-order valence-electron chi connectivity index (χ3n) is 5.41. The van der Waals surface area contributed by atoms with Crippen molar-refractivity contribution in [2.45, 2.75) is 32.1 Å². The predicted molar refractivity (Wildman–Crippen MR) is 127 cm³/mol. The van der Waals surface area contributed by atoms with Gasteiger partial charge in [0.25, 0.3) is 0 Å². The zero-order chi connectivity index (χ0) is 23.0. The highest BCUT2D eigenvalue weighted by molar-refractivity contribution is 6.05. The van der Waals surface area contributed by atoms with Gasteiger partial charge in [0.05, 0.1) is 17.9 Å². The van der Waals surface area contributed by atoms with Gasteiger partial charge in [-0.25, -0.2) is 9.97 Å². The average Bonchev–Trinajstić information content (AvgIpc) is 3.23. The van der Waals surface area contributed by atoms with Gasteiger partial charge in [-0.2, -0.15) is 5.26 Å². The molecule has 0 saturated carbocycles. The van der Waals surface area contributed by atoms with Crippen molar-refractivity contribution in [3.63, 3.8) is 0 Å². The molecule has 0 radical (unpaired) electrons. The fourth-order valence-electron chi connectivity index (χ4n) is 3.80. The van der Waals surface area contributed by atoms with Crippen molar-refractivity contribution in [1.82, 2.24) is 9.97 Å². The number of hydrogen-bond acceptors (Lipinski definition) is 6. The highest BCUT2D eigenvalue weighted by Crippen LogP contribution is 2.42. The topological polar surface area (TPSA) is 112 Å². The lowest BCUT2D eigenvalue weighted by Gasteiger charge is -2.09. The van der Waals surface area contributed by atoms with Crippen LogP contribution < -0.4 is 5.32 Å². The van der Waals surface area contributed by atoms with Crippen LogP contribution in [-0.4, -0.2) is 27.6 Å². The Labute approximate surface area is 191 Å². The van der Waals surface area contributed by atoms with Crippen LogP contribution >= 0.6 is 0 Å². The molecule has 2 aromatic carbocycles. The summed E-state index contributed by atoms with van der Waals surface area (Å²) in [5.41, 5.74) is 4.23. The number of unbranched alkanes of at least 4 members (excludes halogenated alkanes) is 2. The molecule has 4 aromatic rings. The summed E-state index contributed by atoms with van der Waals surface area (Å²) in [6, 6.07) is 19.9. The second-order valence-corrected chi connectivity index (χ2v) is 7.74. The van der Waals surface area contributed by atoms with Gasteiger partial charge in [-0.05, 0) is 24.0 Å². The number of rotatable bonds is 10. The number of nitrogens with zero attached hydrogens (tertiary/aromatic N) is 3. The Balaban J connectivity index is 1.71. The van der Waals surface area contributed by atoms with E-state index < -0.39 is 5.97 Å². The predicted octanol–water partition coefficient (Wildman–Crippen LogP) is 5.68. The number of nitrogens with one attached hydrogen (secondary N) is 1. The number of carbonyl (C=O) groups is 1. The summed E-state index contributed by atoms with van der Waals surface area (Å²) in [6.07, 6.45) is 4.33. The maximum absolute atomic E-state index is 10.7. The van der Waals surface area contributed by atoms with Crippen LogP contribution in [0.3, 0.4) is 0 Å². The van der Waals surface area contributed by atoms with E-state index in [1.165, 1.54) is 6.33 Å². The Hall–Kier alpha value is -4.18. The highest BCUT2D eigenvalue weighted by Gasteiger charge is 2.22. The third-order valence-corrected chi connectivity index (χ3v) is 5.41. The molecule has 0 bridgehead atoms. The number of carboxylic acid groups (broad SMARTS) is 1. The van der Waals surface area contributed by atoms with Crippen LogP contribution in [0.2, 0.25) is 0 Å². The summed E-state index contributed by atoms with van der Waals surface area (Å²) in [7, 11) is 0. The van der Waals surface area contributed by atoms with Crippen molar-refractivity contribution >= 4 is 22.9 Å². The quantitative estimate of drug-likeness (QED) is 0.305. The van der Waals surface area contributed by atoms with Crippen molar-refractivity contribution in [2.75, 3.05) is 11.9 Å². The molecule has 33 heavy (non-hydrogen) atoms. The molecule has 0 aliphatic carbocycles. The van der Waals surface area contributed by atoms with E-state index >= 15 is 0 Å². The van der Waals surface area contributed by atoms with Gasteiger partial charge in [-0.1, -0.05) is 61.0 Å². The maximum Gasteiger partial charge on any atom is 0.303 e. The molecule has 2 N–H and O–H groups in total. The average molecular weight is 441 g/mol. The minimum Gasteiger partial charge on any atom is -0.481 e. The molecule has 0 amide bonds. The van der Waals surface area contributed by atoms with E-state index in [0.29, 0.717) is 36.7 Å². The molecule has 0 aliphatic rings. The van der Waals surface area contributed by atoms with Crippen LogP contribution in [0.25, 0.3) is 33.6 Å². The fraction of sp³-hybridized carbons (Fsp3) is 0.231. The molecule has 2 aromatic heterocycles. The van der Waals surface area contributed by atoms with Gasteiger partial charge < -0.3 is 14.8 Å². The lowest BCUT2D eigenvalue weighted by Crippen LogP contribution is -2.04. The van der Waals surface area contributed by atoms with Crippen LogP contribution in [0.5, 0.6) is 0 Å². The van der Waals surface area contributed by atoms with Crippen molar-refractivity contribution in [1.29, 1.82) is 5.26 Å². The number of carboxylic acids is 1. The van der Waals surface area contributed by atoms with Gasteiger partial charge >= 0.3 is 5.97 Å². The zero-order valence-corrected chi connectivity index (χ0v) is 18.1. The van der Waals surface area contributed by atoms with Crippen LogP contribution in [0.4, 0.5) is 5.82 Å². The van der Waals surface area contributed by atoms with E-state index in [1.54, 1.807) is 0 Å². The molecular weight excluding hydrogens is 416 g/mol. The number of fused-ring (bicyclic) bond motifs is 1. The second-order valence-electron chi connectivity index (χ2n) is 7.74. The number of furan rings is 1. The maximum atomic E-state index is 10.7. The number of anilines is 1. The highest BCUT2D eigenvalue weighted by atomic mass is 16.4. The Morgan fingerprint density at radius 1 is 1.00 bits per heavy atom. The molecule has 4 rings (SSSR count). The van der Waals surface area contributed by atoms with Crippen LogP contribution in [-0.2, 0) is 11.2 Å². The first-order chi connectivity index (χ1) is 16.2. The minimum absolute atomic E-state index is 0.186. The van der Waals surface area contributed by atoms with E-state index in [-0.39, 0.29) is 6.42 Å². The van der Waals surface area contributed by atoms with Crippen molar-refractivity contribution in [2.24, 2.45) is 0 Å². The Bertz CT molecular complexity index is 1270. The van der Waals surface area contributed by atoms with Gasteiger partial charge in [0.2, 0.25) is 5.71 Å². The summed E-state index contributed by atoms with van der Waals surface area (Å²) in [4.78, 5) is 19.5. The van der Waals surface area contributed by atoms with Crippen molar-refractivity contribution in [3.05, 3.63) is 66.5 Å². The van der Waals surface area contributed by atoms with Crippen LogP contribution in [0.1, 0.15) is 31.2 Å². The van der Waals surface area contributed by atoms with Gasteiger partial charge in [0, 0.05) is 24.1 Å². The fourth-order valence-corrected chi connectivity index (χ4v) is 3.80. The van der Waals surface area contributed by atoms with Crippen LogP contribution in [0, 0.1) is 11.3 Å². The number of aromatic nitrogens is 2. The lowest BCUT2D eigenvalue weighted by molar-refractivity contribution is -0.137. The molecule has 0 saturated heterocycles. The standard InChI is InChI=1S/C26H24N4O3/c27-15-14-18-10-12-19(13-11-18)22-23-25(28-16-6-2-5-9-21(31)32)29-17-30-26(23)33-24(22)20-7-3-1-4-8-20/h1,3-4,7-8,10-13,17H,2,5-6,9,14,16H2,(H,31,32)(H,28,29,30). The minimum atomic E-state index is -0.766. The van der Waals surface area contributed by atoms with Gasteiger partial charge in [-0.15, -0.1) is 0 Å². The van der Waals surface area contributed by atoms with E-state index in [4.69, 9.17) is 14.8 Å². The number of hydrogen-bond donors (Lipinski definition) is 2. The van der Waals surface area contributed by atoms with E-state index in [0.717, 1.165) is 40.5 Å². The number of nitriles is 1. The molecule has 2 heterocycles. The first-order valence-electron chi connectivity index (χ1n) is 10.9. The van der Waals surface area contributed by atoms with Gasteiger partial charge in [-0.3, -0.25) is 4.79 Å². The van der Waals surface area contributed by atoms with E-state index in [9.17, 15) is 4.79 Å². The Morgan fingerprint density at radius 3 is 2.52 bits per heavy atom. The molecule has 0 atom stereocenters. The third kappa shape index (κ3) is 5.18. The normalized spacial score (nSPS) is 10.8. The molecule has 7 heteroatoms. The Kier molecular flexibility index (Phi) is 6.96. The number of benzene rings is 2. The summed E-state index contributed by atoms with van der Waals surface area (Å²) >= 11 is 0. The molecule has 166 valence electrons. The van der Waals surface area contributed by atoms with Crippen LogP contribution in [0.15, 0.2) is 65.3 Å². The SMILES string of the molecule is N#CCc1ccc(-c2c(-c3ccccc3)oc3ncnc(NCCCCCC(=O)O)c23)cc1. The Morgan fingerprint density at radius 2 is 1.79 bits per heavy atom. The molecule has 0 unspecified atom stereocenters. The first kappa shape index (κ1) is 22.0. The van der Waals surface area contributed by atoms with Gasteiger partial charge in [0.15, 0.2) is 0 Å². The summed E-state index contributed by atoms with van der Waals surface area (Å²) < 4.78 is 6.22. The van der Waals surface area contributed by atoms with Crippen molar-refractivity contribution < 1.29 is 14.3 Å². The number of aliphatic carboxylic acids is 1. The second kappa shape index (κ2) is 10.4. The zero-order valence-electron chi connectivity index (χ0n) is 18.1. The monoisotopic (exact) mass is 440 g/mol. The summed E-state index contributed by atoms with van der Waals surface area (Å²) in [5.74, 6) is 0.627. The van der Waals surface area contributed by atoms with E-state index in [2.05, 4.69) is 21.4 Å². The molecule has 7 nitrogen and oxygen atoms in total. The summed E-state index contributed by atoms with van der Waals surface area (Å²) in [6.45, 7) is 0.665. The summed E-state index contributed by atoms with van der Waals surface area (Å²) in [5, 5.41) is 22.0. The molecule has 0 spiro atoms.